The average Bonchev–Trinajstić information content (AvgIpc) is 2.80. The summed E-state index contributed by atoms with van der Waals surface area (Å²) in [6, 6.07) is 4.64. The van der Waals surface area contributed by atoms with Crippen LogP contribution >= 0.6 is 0 Å². The Morgan fingerprint density at radius 2 is 2.06 bits per heavy atom. The third-order valence-corrected chi connectivity index (χ3v) is 2.43. The first-order valence-electron chi connectivity index (χ1n) is 5.15. The number of aryl methyl sites for hydroxylation is 1. The maximum absolute atomic E-state index is 13.0. The summed E-state index contributed by atoms with van der Waals surface area (Å²) in [6.45, 7) is 2.38. The van der Waals surface area contributed by atoms with Crippen molar-refractivity contribution in [2.45, 2.75) is 13.5 Å². The van der Waals surface area contributed by atoms with Crippen molar-refractivity contribution in [3.8, 4) is 0 Å². The lowest BCUT2D eigenvalue weighted by Crippen LogP contribution is -2.10. The van der Waals surface area contributed by atoms with E-state index >= 15 is 0 Å². The predicted octanol–water partition coefficient (Wildman–Crippen LogP) is 2.41. The minimum Gasteiger partial charge on any atom is -0.287 e. The molecule has 0 aliphatic heterocycles. The van der Waals surface area contributed by atoms with Gasteiger partial charge in [0, 0.05) is 18.3 Å². The number of carbonyl (C=O) groups is 1. The topological polar surface area (TPSA) is 34.9 Å². The van der Waals surface area contributed by atoms with Gasteiger partial charge in [-0.3, -0.25) is 9.48 Å². The Bertz CT molecular complexity index is 563. The van der Waals surface area contributed by atoms with Gasteiger partial charge >= 0.3 is 0 Å². The Balaban J connectivity index is 2.40. The van der Waals surface area contributed by atoms with Gasteiger partial charge in [0.2, 0.25) is 5.78 Å². The normalized spacial score (nSPS) is 10.5. The van der Waals surface area contributed by atoms with Gasteiger partial charge in [0.15, 0.2) is 11.6 Å². The Morgan fingerprint density at radius 3 is 2.71 bits per heavy atom. The number of benzene rings is 1. The SMILES string of the molecule is CCn1nccc1C(=O)c1ccc(F)c(F)c1. The van der Waals surface area contributed by atoms with E-state index in [4.69, 9.17) is 0 Å². The molecule has 2 aromatic rings. The molecule has 0 fully saturated rings. The van der Waals surface area contributed by atoms with Crippen molar-refractivity contribution < 1.29 is 13.6 Å². The lowest BCUT2D eigenvalue weighted by atomic mass is 10.1. The molecular weight excluding hydrogens is 226 g/mol. The van der Waals surface area contributed by atoms with Crippen LogP contribution in [0.3, 0.4) is 0 Å². The number of ketones is 1. The molecule has 0 saturated heterocycles. The Morgan fingerprint density at radius 1 is 1.29 bits per heavy atom. The summed E-state index contributed by atoms with van der Waals surface area (Å²) in [6.07, 6.45) is 1.50. The molecule has 0 atom stereocenters. The highest BCUT2D eigenvalue weighted by molar-refractivity contribution is 6.07. The highest BCUT2D eigenvalue weighted by Gasteiger charge is 2.15. The quantitative estimate of drug-likeness (QED) is 0.767. The maximum atomic E-state index is 13.0. The zero-order valence-electron chi connectivity index (χ0n) is 9.15. The fourth-order valence-electron chi connectivity index (χ4n) is 1.56. The van der Waals surface area contributed by atoms with Crippen LogP contribution in [0.5, 0.6) is 0 Å². The van der Waals surface area contributed by atoms with Crippen LogP contribution in [0.4, 0.5) is 8.78 Å². The summed E-state index contributed by atoms with van der Waals surface area (Å²) >= 11 is 0. The Kier molecular flexibility index (Phi) is 2.99. The second-order valence-electron chi connectivity index (χ2n) is 3.49. The van der Waals surface area contributed by atoms with Crippen molar-refractivity contribution in [1.29, 1.82) is 0 Å². The number of hydrogen-bond acceptors (Lipinski definition) is 2. The van der Waals surface area contributed by atoms with Gasteiger partial charge in [0.05, 0.1) is 0 Å². The summed E-state index contributed by atoms with van der Waals surface area (Å²) in [5.74, 6) is -2.37. The first-order chi connectivity index (χ1) is 8.13. The molecule has 0 radical (unpaired) electrons. The van der Waals surface area contributed by atoms with Crippen molar-refractivity contribution in [2.75, 3.05) is 0 Å². The highest BCUT2D eigenvalue weighted by atomic mass is 19.2. The van der Waals surface area contributed by atoms with Crippen LogP contribution in [0.2, 0.25) is 0 Å². The minimum atomic E-state index is -1.03. The van der Waals surface area contributed by atoms with Gasteiger partial charge in [-0.25, -0.2) is 8.78 Å². The second-order valence-corrected chi connectivity index (χ2v) is 3.49. The first-order valence-corrected chi connectivity index (χ1v) is 5.15. The third kappa shape index (κ3) is 2.08. The maximum Gasteiger partial charge on any atom is 0.211 e. The van der Waals surface area contributed by atoms with E-state index in [0.717, 1.165) is 12.1 Å². The number of halogens is 2. The molecule has 0 saturated carbocycles. The first kappa shape index (κ1) is 11.4. The standard InChI is InChI=1S/C12H10F2N2O/c1-2-16-11(5-6-15-16)12(17)8-3-4-9(13)10(14)7-8/h3-7H,2H2,1H3. The van der Waals surface area contributed by atoms with E-state index in [2.05, 4.69) is 5.10 Å². The van der Waals surface area contributed by atoms with Crippen molar-refractivity contribution in [2.24, 2.45) is 0 Å². The monoisotopic (exact) mass is 236 g/mol. The van der Waals surface area contributed by atoms with Gasteiger partial charge in [-0.05, 0) is 31.2 Å². The molecule has 17 heavy (non-hydrogen) atoms. The fraction of sp³-hybridized carbons (Fsp3) is 0.167. The third-order valence-electron chi connectivity index (χ3n) is 2.43. The lowest BCUT2D eigenvalue weighted by Gasteiger charge is -2.04. The van der Waals surface area contributed by atoms with Gasteiger partial charge in [-0.2, -0.15) is 5.10 Å². The van der Waals surface area contributed by atoms with Gasteiger partial charge in [-0.1, -0.05) is 0 Å². The molecule has 5 heteroatoms. The Labute approximate surface area is 96.7 Å². The van der Waals surface area contributed by atoms with E-state index in [1.54, 1.807) is 6.07 Å². The van der Waals surface area contributed by atoms with E-state index in [1.165, 1.54) is 16.9 Å². The zero-order chi connectivity index (χ0) is 12.4. The molecule has 88 valence electrons. The minimum absolute atomic E-state index is 0.110. The summed E-state index contributed by atoms with van der Waals surface area (Å²) in [7, 11) is 0. The fourth-order valence-corrected chi connectivity index (χ4v) is 1.56. The molecule has 0 unspecified atom stereocenters. The largest absolute Gasteiger partial charge is 0.287 e. The van der Waals surface area contributed by atoms with Gasteiger partial charge < -0.3 is 0 Å². The number of rotatable bonds is 3. The number of carbonyl (C=O) groups excluding carboxylic acids is 1. The Hall–Kier alpha value is -2.04. The zero-order valence-corrected chi connectivity index (χ0v) is 9.15. The molecule has 0 bridgehead atoms. The van der Waals surface area contributed by atoms with Crippen LogP contribution in [0.15, 0.2) is 30.5 Å². The van der Waals surface area contributed by atoms with Crippen molar-refractivity contribution in [3.05, 3.63) is 53.4 Å². The van der Waals surface area contributed by atoms with Crippen molar-refractivity contribution in [3.63, 3.8) is 0 Å². The number of aromatic nitrogens is 2. The summed E-state index contributed by atoms with van der Waals surface area (Å²) in [4.78, 5) is 12.0. The molecule has 3 nitrogen and oxygen atoms in total. The van der Waals surface area contributed by atoms with Crippen LogP contribution in [-0.4, -0.2) is 15.6 Å². The molecule has 1 heterocycles. The molecule has 0 N–H and O–H groups in total. The smallest absolute Gasteiger partial charge is 0.211 e. The molecule has 0 aliphatic rings. The molecule has 2 rings (SSSR count). The van der Waals surface area contributed by atoms with Crippen molar-refractivity contribution >= 4 is 5.78 Å². The van der Waals surface area contributed by atoms with E-state index < -0.39 is 11.6 Å². The summed E-state index contributed by atoms with van der Waals surface area (Å²) in [5.41, 5.74) is 0.470. The highest BCUT2D eigenvalue weighted by Crippen LogP contribution is 2.13. The molecule has 0 aliphatic carbocycles. The summed E-state index contributed by atoms with van der Waals surface area (Å²) < 4.78 is 27.3. The summed E-state index contributed by atoms with van der Waals surface area (Å²) in [5, 5.41) is 3.95. The van der Waals surface area contributed by atoms with Crippen LogP contribution in [0, 0.1) is 11.6 Å². The number of nitrogens with zero attached hydrogens (tertiary/aromatic N) is 2. The van der Waals surface area contributed by atoms with Crippen LogP contribution in [0.25, 0.3) is 0 Å². The van der Waals surface area contributed by atoms with Crippen molar-refractivity contribution in [1.82, 2.24) is 9.78 Å². The van der Waals surface area contributed by atoms with E-state index in [-0.39, 0.29) is 11.3 Å². The molecule has 1 aromatic carbocycles. The van der Waals surface area contributed by atoms with E-state index in [9.17, 15) is 13.6 Å². The van der Waals surface area contributed by atoms with Gasteiger partial charge in [-0.15, -0.1) is 0 Å². The van der Waals surface area contributed by atoms with E-state index in [1.807, 2.05) is 6.92 Å². The van der Waals surface area contributed by atoms with E-state index in [0.29, 0.717) is 12.2 Å². The molecular formula is C12H10F2N2O. The second kappa shape index (κ2) is 4.45. The van der Waals surface area contributed by atoms with Crippen LogP contribution in [-0.2, 0) is 6.54 Å². The lowest BCUT2D eigenvalue weighted by molar-refractivity contribution is 0.102. The van der Waals surface area contributed by atoms with Gasteiger partial charge in [0.1, 0.15) is 5.69 Å². The van der Waals surface area contributed by atoms with Gasteiger partial charge in [0.25, 0.3) is 0 Å². The molecule has 0 amide bonds. The predicted molar refractivity (Wildman–Crippen MR) is 57.7 cm³/mol. The molecule has 1 aromatic heterocycles. The molecule has 0 spiro atoms. The number of hydrogen-bond donors (Lipinski definition) is 0. The van der Waals surface area contributed by atoms with Crippen LogP contribution in [0.1, 0.15) is 23.0 Å². The van der Waals surface area contributed by atoms with Crippen LogP contribution < -0.4 is 0 Å². The average molecular weight is 236 g/mol.